The largest absolute Gasteiger partial charge is 0.469 e. The number of carbonyl (C=O) groups excluding carboxylic acids is 1. The summed E-state index contributed by atoms with van der Waals surface area (Å²) in [6.45, 7) is 2.29. The van der Waals surface area contributed by atoms with E-state index in [1.54, 1.807) is 0 Å². The van der Waals surface area contributed by atoms with Crippen molar-refractivity contribution in [3.8, 4) is 0 Å². The molecule has 4 rings (SSSR count). The van der Waals surface area contributed by atoms with Gasteiger partial charge in [0.05, 0.1) is 13.5 Å². The number of esters is 1. The maximum Gasteiger partial charge on any atom is 0.306 e. The number of rotatable bonds is 3. The van der Waals surface area contributed by atoms with Gasteiger partial charge in [-0.1, -0.05) is 13.3 Å². The van der Waals surface area contributed by atoms with Crippen LogP contribution in [0.4, 0.5) is 0 Å². The molecule has 0 heterocycles. The van der Waals surface area contributed by atoms with Gasteiger partial charge in [-0.2, -0.15) is 0 Å². The van der Waals surface area contributed by atoms with Crippen molar-refractivity contribution in [2.75, 3.05) is 7.11 Å². The van der Waals surface area contributed by atoms with Gasteiger partial charge in [0.1, 0.15) is 0 Å². The topological polar surface area (TPSA) is 52.3 Å². The number of hydrogen-bond acceptors (Lipinski definition) is 3. The van der Waals surface area contributed by atoms with Gasteiger partial charge in [0, 0.05) is 5.54 Å². The highest BCUT2D eigenvalue weighted by atomic mass is 16.5. The molecule has 0 aromatic rings. The number of nitrogens with two attached hydrogens (primary N) is 1. The van der Waals surface area contributed by atoms with Gasteiger partial charge in [-0.3, -0.25) is 4.79 Å². The fraction of sp³-hybridized carbons (Fsp3) is 0.933. The van der Waals surface area contributed by atoms with E-state index in [0.29, 0.717) is 11.8 Å². The SMILES string of the molecule is CCC12CC3CC(N)(C1)CC(CC(=O)OC)(C3)C2. The Kier molecular flexibility index (Phi) is 2.58. The fourth-order valence-corrected chi connectivity index (χ4v) is 5.90. The Hall–Kier alpha value is -0.570. The van der Waals surface area contributed by atoms with Crippen molar-refractivity contribution < 1.29 is 9.53 Å². The first kappa shape index (κ1) is 12.5. The lowest BCUT2D eigenvalue weighted by Crippen LogP contribution is -2.64. The molecule has 0 aromatic heterocycles. The highest BCUT2D eigenvalue weighted by molar-refractivity contribution is 5.70. The summed E-state index contributed by atoms with van der Waals surface area (Å²) < 4.78 is 4.91. The van der Waals surface area contributed by atoms with Gasteiger partial charge in [0.2, 0.25) is 0 Å². The average Bonchev–Trinajstić information content (AvgIpc) is 2.25. The van der Waals surface area contributed by atoms with Crippen molar-refractivity contribution in [2.45, 2.75) is 63.8 Å². The van der Waals surface area contributed by atoms with E-state index in [2.05, 4.69) is 6.92 Å². The lowest BCUT2D eigenvalue weighted by atomic mass is 9.41. The first-order valence-corrected chi connectivity index (χ1v) is 7.28. The Labute approximate surface area is 109 Å². The molecule has 3 heteroatoms. The van der Waals surface area contributed by atoms with Gasteiger partial charge in [-0.05, 0) is 55.3 Å². The quantitative estimate of drug-likeness (QED) is 0.784. The lowest BCUT2D eigenvalue weighted by molar-refractivity contribution is -0.158. The summed E-state index contributed by atoms with van der Waals surface area (Å²) in [4.78, 5) is 11.7. The predicted octanol–water partition coefficient (Wildman–Crippen LogP) is 2.63. The molecule has 0 aliphatic heterocycles. The van der Waals surface area contributed by atoms with Crippen LogP contribution in [0.2, 0.25) is 0 Å². The smallest absolute Gasteiger partial charge is 0.306 e. The van der Waals surface area contributed by atoms with Gasteiger partial charge in [0.15, 0.2) is 0 Å². The van der Waals surface area contributed by atoms with E-state index in [9.17, 15) is 4.79 Å². The van der Waals surface area contributed by atoms with E-state index in [1.807, 2.05) is 0 Å². The first-order valence-electron chi connectivity index (χ1n) is 7.28. The van der Waals surface area contributed by atoms with E-state index in [4.69, 9.17) is 10.5 Å². The Bertz CT molecular complexity index is 383. The molecule has 4 aliphatic carbocycles. The molecule has 3 nitrogen and oxygen atoms in total. The summed E-state index contributed by atoms with van der Waals surface area (Å²) >= 11 is 0. The lowest BCUT2D eigenvalue weighted by Gasteiger charge is -2.65. The minimum absolute atomic E-state index is 0.00342. The molecule has 4 atom stereocenters. The summed E-state index contributed by atoms with van der Waals surface area (Å²) in [5.41, 5.74) is 7.20. The Morgan fingerprint density at radius 2 is 1.89 bits per heavy atom. The Morgan fingerprint density at radius 1 is 1.22 bits per heavy atom. The maximum atomic E-state index is 11.7. The summed E-state index contributed by atoms with van der Waals surface area (Å²) in [5.74, 6) is 0.697. The van der Waals surface area contributed by atoms with E-state index in [0.717, 1.165) is 12.3 Å². The second-order valence-electron chi connectivity index (χ2n) is 7.48. The molecule has 2 N–H and O–H groups in total. The first-order chi connectivity index (χ1) is 8.42. The number of ether oxygens (including phenoxy) is 1. The number of methoxy groups -OCH3 is 1. The van der Waals surface area contributed by atoms with Crippen LogP contribution >= 0.6 is 0 Å². The van der Waals surface area contributed by atoms with Crippen LogP contribution in [0, 0.1) is 16.7 Å². The summed E-state index contributed by atoms with van der Waals surface area (Å²) in [7, 11) is 1.50. The molecule has 4 aliphatic rings. The van der Waals surface area contributed by atoms with E-state index >= 15 is 0 Å². The van der Waals surface area contributed by atoms with Crippen LogP contribution in [-0.4, -0.2) is 18.6 Å². The van der Waals surface area contributed by atoms with E-state index in [-0.39, 0.29) is 16.9 Å². The molecular weight excluding hydrogens is 226 g/mol. The van der Waals surface area contributed by atoms with Gasteiger partial charge < -0.3 is 10.5 Å². The Morgan fingerprint density at radius 3 is 2.50 bits per heavy atom. The molecule has 0 aromatic carbocycles. The van der Waals surface area contributed by atoms with Crippen LogP contribution in [0.5, 0.6) is 0 Å². The van der Waals surface area contributed by atoms with Crippen molar-refractivity contribution in [2.24, 2.45) is 22.5 Å². The molecule has 4 bridgehead atoms. The molecule has 4 saturated carbocycles. The standard InChI is InChI=1S/C15H25NO2/c1-3-13-4-11-5-14(8-13,7-12(17)18-2)10-15(16,6-11)9-13/h11H,3-10,16H2,1-2H3. The van der Waals surface area contributed by atoms with Crippen LogP contribution in [-0.2, 0) is 9.53 Å². The second-order valence-corrected chi connectivity index (χ2v) is 7.48. The van der Waals surface area contributed by atoms with Crippen LogP contribution in [0.15, 0.2) is 0 Å². The minimum atomic E-state index is -0.0493. The minimum Gasteiger partial charge on any atom is -0.469 e. The van der Waals surface area contributed by atoms with Crippen LogP contribution in [0.1, 0.15) is 58.3 Å². The van der Waals surface area contributed by atoms with Gasteiger partial charge in [-0.15, -0.1) is 0 Å². The predicted molar refractivity (Wildman–Crippen MR) is 69.9 cm³/mol. The summed E-state index contributed by atoms with van der Waals surface area (Å²) in [6.07, 6.45) is 8.92. The zero-order valence-corrected chi connectivity index (χ0v) is 11.6. The maximum absolute atomic E-state index is 11.7. The molecule has 4 unspecified atom stereocenters. The van der Waals surface area contributed by atoms with Gasteiger partial charge in [0.25, 0.3) is 0 Å². The summed E-state index contributed by atoms with van der Waals surface area (Å²) in [5, 5.41) is 0. The van der Waals surface area contributed by atoms with Crippen molar-refractivity contribution in [3.05, 3.63) is 0 Å². The van der Waals surface area contributed by atoms with Crippen molar-refractivity contribution in [3.63, 3.8) is 0 Å². The fourth-order valence-electron chi connectivity index (χ4n) is 5.90. The molecule has 0 saturated heterocycles. The van der Waals surface area contributed by atoms with Crippen molar-refractivity contribution in [1.82, 2.24) is 0 Å². The van der Waals surface area contributed by atoms with E-state index in [1.165, 1.54) is 45.6 Å². The molecule has 0 radical (unpaired) electrons. The molecular formula is C15H25NO2. The number of hydrogen-bond donors (Lipinski definition) is 1. The molecule has 4 fully saturated rings. The Balaban J connectivity index is 1.91. The summed E-state index contributed by atoms with van der Waals surface area (Å²) in [6, 6.07) is 0. The zero-order chi connectivity index (χ0) is 13.0. The highest BCUT2D eigenvalue weighted by Gasteiger charge is 2.61. The molecule has 102 valence electrons. The average molecular weight is 251 g/mol. The third-order valence-corrected chi connectivity index (χ3v) is 5.84. The van der Waals surface area contributed by atoms with Crippen LogP contribution < -0.4 is 5.73 Å². The normalized spacial score (nSPS) is 49.4. The van der Waals surface area contributed by atoms with Crippen molar-refractivity contribution in [1.29, 1.82) is 0 Å². The highest BCUT2D eigenvalue weighted by Crippen LogP contribution is 2.67. The third-order valence-electron chi connectivity index (χ3n) is 5.84. The van der Waals surface area contributed by atoms with Gasteiger partial charge >= 0.3 is 5.97 Å². The van der Waals surface area contributed by atoms with Crippen LogP contribution in [0.25, 0.3) is 0 Å². The van der Waals surface area contributed by atoms with Crippen molar-refractivity contribution >= 4 is 5.97 Å². The third kappa shape index (κ3) is 1.78. The molecule has 0 spiro atoms. The van der Waals surface area contributed by atoms with Crippen LogP contribution in [0.3, 0.4) is 0 Å². The zero-order valence-electron chi connectivity index (χ0n) is 11.6. The number of carbonyl (C=O) groups is 1. The molecule has 0 amide bonds. The monoisotopic (exact) mass is 251 g/mol. The molecule has 18 heavy (non-hydrogen) atoms. The van der Waals surface area contributed by atoms with Gasteiger partial charge in [-0.25, -0.2) is 0 Å². The second kappa shape index (κ2) is 3.72. The van der Waals surface area contributed by atoms with E-state index < -0.39 is 0 Å².